The number of ether oxygens (including phenoxy) is 1. The first-order valence-corrected chi connectivity index (χ1v) is 8.12. The Hall–Kier alpha value is -1.26. The molecule has 1 saturated carbocycles. The quantitative estimate of drug-likeness (QED) is 0.917. The molecule has 21 heavy (non-hydrogen) atoms. The number of hydrogen-bond donors (Lipinski definition) is 1. The molecule has 0 amide bonds. The number of hydrogen-bond acceptors (Lipinski definition) is 4. The van der Waals surface area contributed by atoms with Crippen LogP contribution in [0.15, 0.2) is 24.3 Å². The minimum atomic E-state index is 0.688. The number of piperazine rings is 1. The monoisotopic (exact) mass is 289 g/mol. The molecule has 1 aromatic carbocycles. The summed E-state index contributed by atoms with van der Waals surface area (Å²) >= 11 is 0. The third-order valence-electron chi connectivity index (χ3n) is 5.05. The van der Waals surface area contributed by atoms with Crippen molar-refractivity contribution < 1.29 is 4.74 Å². The molecule has 2 aliphatic rings. The smallest absolute Gasteiger partial charge is 0.120 e. The van der Waals surface area contributed by atoms with Gasteiger partial charge in [-0.3, -0.25) is 4.90 Å². The molecule has 1 aliphatic carbocycles. The molecule has 1 heterocycles. The summed E-state index contributed by atoms with van der Waals surface area (Å²) in [4.78, 5) is 5.16. The molecular formula is C17H27N3O. The van der Waals surface area contributed by atoms with E-state index in [2.05, 4.69) is 40.4 Å². The number of likely N-dealkylation sites (N-methyl/N-ethyl adjacent to an activating group) is 1. The number of anilines is 1. The van der Waals surface area contributed by atoms with Gasteiger partial charge in [0, 0.05) is 50.0 Å². The Labute approximate surface area is 128 Å². The van der Waals surface area contributed by atoms with Crippen molar-refractivity contribution in [1.29, 1.82) is 0 Å². The van der Waals surface area contributed by atoms with E-state index in [4.69, 9.17) is 4.74 Å². The van der Waals surface area contributed by atoms with Crippen LogP contribution in [0.4, 0.5) is 5.69 Å². The van der Waals surface area contributed by atoms with Gasteiger partial charge in [0.2, 0.25) is 0 Å². The molecule has 2 atom stereocenters. The van der Waals surface area contributed by atoms with Crippen molar-refractivity contribution in [3.05, 3.63) is 24.3 Å². The summed E-state index contributed by atoms with van der Waals surface area (Å²) in [6.45, 7) is 4.56. The van der Waals surface area contributed by atoms with E-state index < -0.39 is 0 Å². The molecular weight excluding hydrogens is 262 g/mol. The van der Waals surface area contributed by atoms with Crippen molar-refractivity contribution in [1.82, 2.24) is 10.2 Å². The maximum absolute atomic E-state index is 5.33. The van der Waals surface area contributed by atoms with Gasteiger partial charge in [0.25, 0.3) is 0 Å². The lowest BCUT2D eigenvalue weighted by Crippen LogP contribution is -2.54. The Bertz CT molecular complexity index is 457. The molecule has 4 nitrogen and oxygen atoms in total. The maximum Gasteiger partial charge on any atom is 0.120 e. The zero-order valence-corrected chi connectivity index (χ0v) is 13.2. The van der Waals surface area contributed by atoms with Gasteiger partial charge in [-0.1, -0.05) is 12.5 Å². The average Bonchev–Trinajstić information content (AvgIpc) is 3.03. The highest BCUT2D eigenvalue weighted by atomic mass is 16.5. The second-order valence-electron chi connectivity index (χ2n) is 6.12. The normalized spacial score (nSPS) is 27.0. The molecule has 0 aromatic heterocycles. The van der Waals surface area contributed by atoms with Gasteiger partial charge < -0.3 is 15.0 Å². The summed E-state index contributed by atoms with van der Waals surface area (Å²) in [7, 11) is 3.84. The Kier molecular flexibility index (Phi) is 4.66. The number of nitrogens with one attached hydrogen (secondary N) is 1. The van der Waals surface area contributed by atoms with Crippen molar-refractivity contribution in [2.24, 2.45) is 0 Å². The van der Waals surface area contributed by atoms with Crippen molar-refractivity contribution in [3.8, 4) is 5.75 Å². The van der Waals surface area contributed by atoms with E-state index in [-0.39, 0.29) is 0 Å². The van der Waals surface area contributed by atoms with E-state index in [9.17, 15) is 0 Å². The first kappa shape index (κ1) is 14.7. The molecule has 2 unspecified atom stereocenters. The maximum atomic E-state index is 5.33. The van der Waals surface area contributed by atoms with Crippen LogP contribution < -0.4 is 15.0 Å². The first-order valence-electron chi connectivity index (χ1n) is 8.12. The molecule has 0 bridgehead atoms. The number of benzene rings is 1. The summed E-state index contributed by atoms with van der Waals surface area (Å²) in [5.41, 5.74) is 1.28. The van der Waals surface area contributed by atoms with Gasteiger partial charge >= 0.3 is 0 Å². The highest BCUT2D eigenvalue weighted by Gasteiger charge is 2.32. The molecule has 1 saturated heterocycles. The fourth-order valence-electron chi connectivity index (χ4n) is 3.83. The van der Waals surface area contributed by atoms with Gasteiger partial charge in [-0.15, -0.1) is 0 Å². The van der Waals surface area contributed by atoms with Gasteiger partial charge in [-0.25, -0.2) is 0 Å². The second kappa shape index (κ2) is 6.67. The topological polar surface area (TPSA) is 27.7 Å². The highest BCUT2D eigenvalue weighted by molar-refractivity contribution is 5.51. The summed E-state index contributed by atoms with van der Waals surface area (Å²) in [5.74, 6) is 0.945. The molecule has 116 valence electrons. The Balaban J connectivity index is 1.59. The lowest BCUT2D eigenvalue weighted by Gasteiger charge is -2.41. The van der Waals surface area contributed by atoms with Crippen LogP contribution >= 0.6 is 0 Å². The Morgan fingerprint density at radius 2 is 1.95 bits per heavy atom. The summed E-state index contributed by atoms with van der Waals surface area (Å²) in [5, 5.41) is 3.50. The minimum absolute atomic E-state index is 0.688. The van der Waals surface area contributed by atoms with E-state index in [0.29, 0.717) is 6.04 Å². The predicted molar refractivity (Wildman–Crippen MR) is 87.3 cm³/mol. The highest BCUT2D eigenvalue weighted by Crippen LogP contribution is 2.27. The van der Waals surface area contributed by atoms with E-state index in [1.165, 1.54) is 38.0 Å². The predicted octanol–water partition coefficient (Wildman–Crippen LogP) is 1.96. The van der Waals surface area contributed by atoms with E-state index in [0.717, 1.165) is 24.9 Å². The van der Waals surface area contributed by atoms with E-state index >= 15 is 0 Å². The molecule has 3 rings (SSSR count). The summed E-state index contributed by atoms with van der Waals surface area (Å²) < 4.78 is 5.33. The van der Waals surface area contributed by atoms with Crippen molar-refractivity contribution in [2.75, 3.05) is 45.2 Å². The Morgan fingerprint density at radius 1 is 1.14 bits per heavy atom. The lowest BCUT2D eigenvalue weighted by molar-refractivity contribution is 0.166. The molecule has 0 radical (unpaired) electrons. The van der Waals surface area contributed by atoms with Crippen LogP contribution in [0.5, 0.6) is 5.75 Å². The van der Waals surface area contributed by atoms with Crippen LogP contribution in [0.25, 0.3) is 0 Å². The fraction of sp³-hybridized carbons (Fsp3) is 0.647. The first-order chi connectivity index (χ1) is 10.3. The number of rotatable bonds is 4. The third kappa shape index (κ3) is 3.16. The molecule has 1 aromatic rings. The number of methoxy groups -OCH3 is 1. The van der Waals surface area contributed by atoms with Crippen LogP contribution in [0.2, 0.25) is 0 Å². The van der Waals surface area contributed by atoms with Gasteiger partial charge in [-0.05, 0) is 32.0 Å². The third-order valence-corrected chi connectivity index (χ3v) is 5.05. The van der Waals surface area contributed by atoms with Gasteiger partial charge in [-0.2, -0.15) is 0 Å². The molecule has 1 aliphatic heterocycles. The summed E-state index contributed by atoms with van der Waals surface area (Å²) in [6.07, 6.45) is 4.05. The van der Waals surface area contributed by atoms with Crippen LogP contribution in [0, 0.1) is 0 Å². The van der Waals surface area contributed by atoms with Crippen LogP contribution in [0.3, 0.4) is 0 Å². The van der Waals surface area contributed by atoms with E-state index in [1.807, 2.05) is 6.07 Å². The average molecular weight is 289 g/mol. The minimum Gasteiger partial charge on any atom is -0.497 e. The van der Waals surface area contributed by atoms with Crippen LogP contribution in [-0.4, -0.2) is 57.3 Å². The van der Waals surface area contributed by atoms with Crippen molar-refractivity contribution in [2.45, 2.75) is 31.3 Å². The SMILES string of the molecule is CNC1CCCC1N1CCN(c2cccc(OC)c2)CC1. The van der Waals surface area contributed by atoms with Crippen molar-refractivity contribution >= 4 is 5.69 Å². The van der Waals surface area contributed by atoms with E-state index in [1.54, 1.807) is 7.11 Å². The van der Waals surface area contributed by atoms with Crippen molar-refractivity contribution in [3.63, 3.8) is 0 Å². The molecule has 2 fully saturated rings. The standard InChI is InChI=1S/C17H27N3O/c1-18-16-7-4-8-17(16)20-11-9-19(10-12-20)14-5-3-6-15(13-14)21-2/h3,5-6,13,16-18H,4,7-12H2,1-2H3. The largest absolute Gasteiger partial charge is 0.497 e. The molecule has 1 N–H and O–H groups in total. The zero-order chi connectivity index (χ0) is 14.7. The second-order valence-corrected chi connectivity index (χ2v) is 6.12. The van der Waals surface area contributed by atoms with Gasteiger partial charge in [0.15, 0.2) is 0 Å². The fourth-order valence-corrected chi connectivity index (χ4v) is 3.83. The Morgan fingerprint density at radius 3 is 2.67 bits per heavy atom. The zero-order valence-electron chi connectivity index (χ0n) is 13.2. The van der Waals surface area contributed by atoms with Crippen LogP contribution in [0.1, 0.15) is 19.3 Å². The number of nitrogens with zero attached hydrogens (tertiary/aromatic N) is 2. The molecule has 4 heteroatoms. The summed E-state index contributed by atoms with van der Waals surface area (Å²) in [6, 6.07) is 9.84. The molecule has 0 spiro atoms. The van der Waals surface area contributed by atoms with Crippen LogP contribution in [-0.2, 0) is 0 Å². The lowest BCUT2D eigenvalue weighted by atomic mass is 10.1. The van der Waals surface area contributed by atoms with Gasteiger partial charge in [0.05, 0.1) is 7.11 Å². The van der Waals surface area contributed by atoms with Gasteiger partial charge in [0.1, 0.15) is 5.75 Å².